The van der Waals surface area contributed by atoms with Crippen LogP contribution in [0.1, 0.15) is 27.7 Å². The summed E-state index contributed by atoms with van der Waals surface area (Å²) in [5, 5.41) is 13.9. The third-order valence-corrected chi connectivity index (χ3v) is 4.23. The van der Waals surface area contributed by atoms with Crippen LogP contribution < -0.4 is 10.6 Å². The van der Waals surface area contributed by atoms with E-state index in [9.17, 15) is 9.59 Å². The summed E-state index contributed by atoms with van der Waals surface area (Å²) < 4.78 is 7.35. The molecule has 0 radical (unpaired) electrons. The van der Waals surface area contributed by atoms with Crippen LogP contribution in [-0.4, -0.2) is 39.0 Å². The van der Waals surface area contributed by atoms with Crippen molar-refractivity contribution in [2.45, 2.75) is 39.4 Å². The Balaban J connectivity index is 1.98. The third-order valence-electron chi connectivity index (χ3n) is 3.26. The Morgan fingerprint density at radius 2 is 2.00 bits per heavy atom. The first kappa shape index (κ1) is 20.0. The Morgan fingerprint density at radius 3 is 2.62 bits per heavy atom. The maximum absolute atomic E-state index is 12.0. The van der Waals surface area contributed by atoms with Gasteiger partial charge in [0.1, 0.15) is 0 Å². The van der Waals surface area contributed by atoms with Crippen LogP contribution in [0.25, 0.3) is 11.6 Å². The van der Waals surface area contributed by atoms with E-state index < -0.39 is 6.03 Å². The maximum atomic E-state index is 12.0. The van der Waals surface area contributed by atoms with Gasteiger partial charge in [0.25, 0.3) is 0 Å². The molecule has 2 aromatic rings. The predicted molar refractivity (Wildman–Crippen MR) is 99.7 cm³/mol. The van der Waals surface area contributed by atoms with Crippen molar-refractivity contribution in [1.82, 2.24) is 25.4 Å². The summed E-state index contributed by atoms with van der Waals surface area (Å²) >= 11 is 1.24. The molecule has 2 rings (SSSR count). The molecule has 0 aliphatic rings. The van der Waals surface area contributed by atoms with Crippen LogP contribution >= 0.6 is 11.8 Å². The molecule has 0 aliphatic carbocycles. The summed E-state index contributed by atoms with van der Waals surface area (Å²) in [7, 11) is 0. The summed E-state index contributed by atoms with van der Waals surface area (Å²) in [6.45, 7) is 9.35. The molecule has 0 aliphatic heterocycles. The fourth-order valence-electron chi connectivity index (χ4n) is 2.15. The second kappa shape index (κ2) is 9.42. The number of carbonyl (C=O) groups excluding carboxylic acids is 2. The summed E-state index contributed by atoms with van der Waals surface area (Å²) in [6, 6.07) is 3.13. The summed E-state index contributed by atoms with van der Waals surface area (Å²) in [6.07, 6.45) is 1.58. The maximum Gasteiger partial charge on any atom is 0.321 e. The highest BCUT2D eigenvalue weighted by atomic mass is 32.2. The van der Waals surface area contributed by atoms with Crippen molar-refractivity contribution in [2.75, 3.05) is 12.3 Å². The Morgan fingerprint density at radius 1 is 1.23 bits per heavy atom. The van der Waals surface area contributed by atoms with E-state index in [1.807, 2.05) is 24.5 Å². The molecule has 0 spiro atoms. The molecule has 9 heteroatoms. The molecule has 142 valence electrons. The van der Waals surface area contributed by atoms with Gasteiger partial charge in [-0.2, -0.15) is 0 Å². The molecule has 0 aromatic carbocycles. The van der Waals surface area contributed by atoms with E-state index in [1.54, 1.807) is 12.3 Å². The van der Waals surface area contributed by atoms with Crippen LogP contribution in [0.4, 0.5) is 4.79 Å². The number of carbonyl (C=O) groups is 2. The average molecular weight is 379 g/mol. The second-order valence-corrected chi connectivity index (χ2v) is 7.67. The van der Waals surface area contributed by atoms with Gasteiger partial charge in [0.2, 0.25) is 5.91 Å². The van der Waals surface area contributed by atoms with Crippen LogP contribution in [0.2, 0.25) is 0 Å². The quantitative estimate of drug-likeness (QED) is 0.684. The fourth-order valence-corrected chi connectivity index (χ4v) is 2.89. The van der Waals surface area contributed by atoms with Crippen molar-refractivity contribution >= 4 is 23.7 Å². The molecular weight excluding hydrogens is 354 g/mol. The number of nitrogens with zero attached hydrogens (tertiary/aromatic N) is 3. The lowest BCUT2D eigenvalue weighted by atomic mass is 10.2. The molecule has 8 nitrogen and oxygen atoms in total. The largest absolute Gasteiger partial charge is 0.461 e. The van der Waals surface area contributed by atoms with Gasteiger partial charge in [-0.3, -0.25) is 14.7 Å². The van der Waals surface area contributed by atoms with Crippen molar-refractivity contribution < 1.29 is 14.0 Å². The van der Waals surface area contributed by atoms with Crippen molar-refractivity contribution in [2.24, 2.45) is 11.8 Å². The molecule has 2 heterocycles. The van der Waals surface area contributed by atoms with Gasteiger partial charge >= 0.3 is 6.03 Å². The van der Waals surface area contributed by atoms with Gasteiger partial charge in [0.15, 0.2) is 16.7 Å². The number of hydrogen-bond donors (Lipinski definition) is 2. The SMILES string of the molecule is CC(C)CNC(=O)NC(=O)CSc1nnc(-c2ccco2)n1CC(C)C. The van der Waals surface area contributed by atoms with Gasteiger partial charge in [0.05, 0.1) is 12.0 Å². The topological polar surface area (TPSA) is 102 Å². The average Bonchev–Trinajstić information content (AvgIpc) is 3.20. The van der Waals surface area contributed by atoms with Crippen LogP contribution in [0, 0.1) is 11.8 Å². The Hall–Kier alpha value is -2.29. The molecule has 3 amide bonds. The molecular formula is C17H25N5O3S. The number of urea groups is 1. The summed E-state index contributed by atoms with van der Waals surface area (Å²) in [5.74, 6) is 1.64. The lowest BCUT2D eigenvalue weighted by molar-refractivity contribution is -0.117. The molecule has 0 fully saturated rings. The predicted octanol–water partition coefficient (Wildman–Crippen LogP) is 2.77. The molecule has 0 saturated carbocycles. The van der Waals surface area contributed by atoms with E-state index in [0.29, 0.717) is 41.7 Å². The van der Waals surface area contributed by atoms with Crippen molar-refractivity contribution in [1.29, 1.82) is 0 Å². The van der Waals surface area contributed by atoms with Crippen LogP contribution in [0.3, 0.4) is 0 Å². The van der Waals surface area contributed by atoms with E-state index in [0.717, 1.165) is 0 Å². The molecule has 0 saturated heterocycles. The highest BCUT2D eigenvalue weighted by molar-refractivity contribution is 7.99. The fraction of sp³-hybridized carbons (Fsp3) is 0.529. The zero-order chi connectivity index (χ0) is 19.1. The van der Waals surface area contributed by atoms with Gasteiger partial charge < -0.3 is 9.73 Å². The number of aromatic nitrogens is 3. The monoisotopic (exact) mass is 379 g/mol. The molecule has 2 aromatic heterocycles. The van der Waals surface area contributed by atoms with E-state index in [-0.39, 0.29) is 11.7 Å². The molecule has 2 N–H and O–H groups in total. The zero-order valence-electron chi connectivity index (χ0n) is 15.5. The number of thioether (sulfide) groups is 1. The van der Waals surface area contributed by atoms with E-state index >= 15 is 0 Å². The first-order valence-electron chi connectivity index (χ1n) is 8.54. The third kappa shape index (κ3) is 5.91. The number of nitrogens with one attached hydrogen (secondary N) is 2. The molecule has 26 heavy (non-hydrogen) atoms. The van der Waals surface area contributed by atoms with Gasteiger partial charge in [-0.1, -0.05) is 39.5 Å². The lowest BCUT2D eigenvalue weighted by Gasteiger charge is -2.11. The zero-order valence-corrected chi connectivity index (χ0v) is 16.3. The van der Waals surface area contributed by atoms with Gasteiger partial charge in [-0.15, -0.1) is 10.2 Å². The minimum absolute atomic E-state index is 0.0729. The number of furan rings is 1. The van der Waals surface area contributed by atoms with E-state index in [1.165, 1.54) is 11.8 Å². The summed E-state index contributed by atoms with van der Waals surface area (Å²) in [4.78, 5) is 23.6. The van der Waals surface area contributed by atoms with Gasteiger partial charge in [0, 0.05) is 13.1 Å². The molecule has 0 bridgehead atoms. The Bertz CT molecular complexity index is 725. The molecule has 0 atom stereocenters. The Labute approximate surface area is 157 Å². The normalized spacial score (nSPS) is 11.2. The molecule has 0 unspecified atom stereocenters. The van der Waals surface area contributed by atoms with Crippen molar-refractivity contribution in [3.63, 3.8) is 0 Å². The standard InChI is InChI=1S/C17H25N5O3S/c1-11(2)8-18-16(24)19-14(23)10-26-17-21-20-15(13-6-5-7-25-13)22(17)9-12(3)4/h5-7,11-12H,8-10H2,1-4H3,(H2,18,19,23,24). The minimum atomic E-state index is -0.482. The number of rotatable bonds is 8. The van der Waals surface area contributed by atoms with Crippen molar-refractivity contribution in [3.05, 3.63) is 18.4 Å². The second-order valence-electron chi connectivity index (χ2n) is 6.73. The minimum Gasteiger partial charge on any atom is -0.461 e. The van der Waals surface area contributed by atoms with Crippen LogP contribution in [0.15, 0.2) is 28.0 Å². The van der Waals surface area contributed by atoms with Gasteiger partial charge in [-0.25, -0.2) is 4.79 Å². The smallest absolute Gasteiger partial charge is 0.321 e. The first-order valence-corrected chi connectivity index (χ1v) is 9.53. The van der Waals surface area contributed by atoms with Crippen molar-refractivity contribution in [3.8, 4) is 11.6 Å². The van der Waals surface area contributed by atoms with E-state index in [4.69, 9.17) is 4.42 Å². The Kier molecular flexibility index (Phi) is 7.26. The highest BCUT2D eigenvalue weighted by Crippen LogP contribution is 2.25. The summed E-state index contributed by atoms with van der Waals surface area (Å²) in [5.41, 5.74) is 0. The van der Waals surface area contributed by atoms with Gasteiger partial charge in [-0.05, 0) is 24.0 Å². The van der Waals surface area contributed by atoms with Crippen LogP contribution in [0.5, 0.6) is 0 Å². The lowest BCUT2D eigenvalue weighted by Crippen LogP contribution is -2.41. The van der Waals surface area contributed by atoms with E-state index in [2.05, 4.69) is 34.7 Å². The van der Waals surface area contributed by atoms with Crippen LogP contribution in [-0.2, 0) is 11.3 Å². The number of amides is 3. The first-order chi connectivity index (χ1) is 12.4. The highest BCUT2D eigenvalue weighted by Gasteiger charge is 2.18. The number of hydrogen-bond acceptors (Lipinski definition) is 6. The number of imide groups is 1.